The molecule has 1 amide bonds. The van der Waals surface area contributed by atoms with E-state index in [9.17, 15) is 18.0 Å². The van der Waals surface area contributed by atoms with E-state index in [0.717, 1.165) is 16.6 Å². The number of pyridine rings is 1. The van der Waals surface area contributed by atoms with Crippen LogP contribution >= 0.6 is 15.9 Å². The highest BCUT2D eigenvalue weighted by molar-refractivity contribution is 9.10. The first-order chi connectivity index (χ1) is 11.3. The summed E-state index contributed by atoms with van der Waals surface area (Å²) < 4.78 is 44.0. The van der Waals surface area contributed by atoms with Gasteiger partial charge in [-0.2, -0.15) is 13.2 Å². The minimum absolute atomic E-state index is 0.0157. The number of hydrogen-bond acceptors (Lipinski definition) is 3. The molecule has 2 rings (SSSR count). The predicted molar refractivity (Wildman–Crippen MR) is 86.9 cm³/mol. The fourth-order valence-corrected chi connectivity index (χ4v) is 2.21. The highest BCUT2D eigenvalue weighted by Crippen LogP contribution is 2.31. The van der Waals surface area contributed by atoms with Crippen LogP contribution in [0.25, 0.3) is 0 Å². The number of anilines is 1. The summed E-state index contributed by atoms with van der Waals surface area (Å²) in [5.74, 6) is 0.0288. The van der Waals surface area contributed by atoms with Gasteiger partial charge in [-0.15, -0.1) is 0 Å². The summed E-state index contributed by atoms with van der Waals surface area (Å²) in [6.45, 7) is 1.75. The zero-order valence-electron chi connectivity index (χ0n) is 12.7. The number of ether oxygens (including phenoxy) is 1. The number of amides is 1. The molecule has 0 spiro atoms. The standard InChI is InChI=1S/C16H14BrF3N2O2/c1-2-22(14-7-6-12(17)9-21-14)15(23)10-24-13-5-3-4-11(8-13)16(18,19)20/h3-9H,2,10H2,1H3. The number of carbonyl (C=O) groups excluding carboxylic acids is 1. The van der Waals surface area contributed by atoms with Gasteiger partial charge >= 0.3 is 6.18 Å². The van der Waals surface area contributed by atoms with Crippen LogP contribution in [0.2, 0.25) is 0 Å². The summed E-state index contributed by atoms with van der Waals surface area (Å²) in [6.07, 6.45) is -2.90. The molecule has 0 fully saturated rings. The lowest BCUT2D eigenvalue weighted by Crippen LogP contribution is -2.35. The van der Waals surface area contributed by atoms with Crippen molar-refractivity contribution in [1.82, 2.24) is 4.98 Å². The average molecular weight is 403 g/mol. The zero-order valence-corrected chi connectivity index (χ0v) is 14.3. The van der Waals surface area contributed by atoms with Crippen LogP contribution in [-0.4, -0.2) is 24.0 Å². The van der Waals surface area contributed by atoms with Crippen LogP contribution in [0.4, 0.5) is 19.0 Å². The van der Waals surface area contributed by atoms with Gasteiger partial charge in [0, 0.05) is 17.2 Å². The number of halogens is 4. The lowest BCUT2D eigenvalue weighted by molar-refractivity contribution is -0.137. The second-order valence-electron chi connectivity index (χ2n) is 4.79. The molecule has 0 bridgehead atoms. The van der Waals surface area contributed by atoms with Crippen molar-refractivity contribution in [2.45, 2.75) is 13.1 Å². The summed E-state index contributed by atoms with van der Waals surface area (Å²) in [7, 11) is 0. The minimum atomic E-state index is -4.46. The van der Waals surface area contributed by atoms with E-state index in [1.54, 1.807) is 25.3 Å². The maximum Gasteiger partial charge on any atom is 0.416 e. The Kier molecular flexibility index (Phi) is 5.82. The van der Waals surface area contributed by atoms with Crippen molar-refractivity contribution in [2.75, 3.05) is 18.1 Å². The third kappa shape index (κ3) is 4.70. The Morgan fingerprint density at radius 1 is 1.29 bits per heavy atom. The van der Waals surface area contributed by atoms with Crippen LogP contribution in [-0.2, 0) is 11.0 Å². The van der Waals surface area contributed by atoms with Crippen LogP contribution in [0.3, 0.4) is 0 Å². The third-order valence-corrected chi connectivity index (χ3v) is 3.60. The summed E-state index contributed by atoms with van der Waals surface area (Å²) in [5, 5.41) is 0. The number of rotatable bonds is 5. The second kappa shape index (κ2) is 7.65. The van der Waals surface area contributed by atoms with Gasteiger partial charge in [0.1, 0.15) is 11.6 Å². The summed E-state index contributed by atoms with van der Waals surface area (Å²) in [6, 6.07) is 7.81. The third-order valence-electron chi connectivity index (χ3n) is 3.13. The van der Waals surface area contributed by atoms with E-state index in [1.165, 1.54) is 17.0 Å². The number of nitrogens with zero attached hydrogens (tertiary/aromatic N) is 2. The Morgan fingerprint density at radius 3 is 2.62 bits per heavy atom. The molecule has 0 N–H and O–H groups in total. The number of benzene rings is 1. The Balaban J connectivity index is 2.05. The number of alkyl halides is 3. The first kappa shape index (κ1) is 18.3. The van der Waals surface area contributed by atoms with Gasteiger partial charge in [0.15, 0.2) is 6.61 Å². The smallest absolute Gasteiger partial charge is 0.416 e. The molecule has 1 aromatic heterocycles. The normalized spacial score (nSPS) is 11.2. The Labute approximate surface area is 145 Å². The molecule has 0 aliphatic rings. The first-order valence-corrected chi connectivity index (χ1v) is 7.82. The van der Waals surface area contributed by atoms with Crippen LogP contribution < -0.4 is 9.64 Å². The van der Waals surface area contributed by atoms with Crippen molar-refractivity contribution >= 4 is 27.7 Å². The van der Waals surface area contributed by atoms with E-state index < -0.39 is 17.6 Å². The summed E-state index contributed by atoms with van der Waals surface area (Å²) >= 11 is 3.26. The van der Waals surface area contributed by atoms with Gasteiger partial charge in [0.2, 0.25) is 0 Å². The molecular formula is C16H14BrF3N2O2. The molecule has 24 heavy (non-hydrogen) atoms. The van der Waals surface area contributed by atoms with E-state index in [1.807, 2.05) is 0 Å². The Hall–Kier alpha value is -2.09. The van der Waals surface area contributed by atoms with Crippen LogP contribution in [0, 0.1) is 0 Å². The molecule has 8 heteroatoms. The lowest BCUT2D eigenvalue weighted by atomic mass is 10.2. The van der Waals surface area contributed by atoms with Gasteiger partial charge < -0.3 is 4.74 Å². The molecule has 0 radical (unpaired) electrons. The van der Waals surface area contributed by atoms with Gasteiger partial charge in [0.05, 0.1) is 5.56 Å². The molecule has 0 atom stereocenters. The largest absolute Gasteiger partial charge is 0.484 e. The van der Waals surface area contributed by atoms with E-state index in [2.05, 4.69) is 20.9 Å². The molecule has 2 aromatic rings. The number of carbonyl (C=O) groups is 1. The minimum Gasteiger partial charge on any atom is -0.484 e. The second-order valence-corrected chi connectivity index (χ2v) is 5.70. The Bertz CT molecular complexity index is 705. The van der Waals surface area contributed by atoms with E-state index in [-0.39, 0.29) is 12.4 Å². The monoisotopic (exact) mass is 402 g/mol. The van der Waals surface area contributed by atoms with Gasteiger partial charge in [-0.3, -0.25) is 9.69 Å². The topological polar surface area (TPSA) is 42.4 Å². The molecule has 128 valence electrons. The zero-order chi connectivity index (χ0) is 17.7. The Morgan fingerprint density at radius 2 is 2.04 bits per heavy atom. The van der Waals surface area contributed by atoms with Gasteiger partial charge in [-0.25, -0.2) is 4.98 Å². The molecule has 4 nitrogen and oxygen atoms in total. The quantitative estimate of drug-likeness (QED) is 0.748. The SMILES string of the molecule is CCN(C(=O)COc1cccc(C(F)(F)F)c1)c1ccc(Br)cn1. The fourth-order valence-electron chi connectivity index (χ4n) is 1.98. The number of aromatic nitrogens is 1. The first-order valence-electron chi connectivity index (χ1n) is 7.03. The molecular weight excluding hydrogens is 389 g/mol. The van der Waals surface area contributed by atoms with E-state index in [0.29, 0.717) is 12.4 Å². The highest BCUT2D eigenvalue weighted by Gasteiger charge is 2.30. The maximum atomic E-state index is 12.7. The molecule has 0 saturated carbocycles. The van der Waals surface area contributed by atoms with Crippen molar-refractivity contribution < 1.29 is 22.7 Å². The number of likely N-dealkylation sites (N-methyl/N-ethyl adjacent to an activating group) is 1. The number of hydrogen-bond donors (Lipinski definition) is 0. The molecule has 1 aromatic carbocycles. The van der Waals surface area contributed by atoms with Crippen molar-refractivity contribution in [1.29, 1.82) is 0 Å². The molecule has 0 aliphatic heterocycles. The van der Waals surface area contributed by atoms with Gasteiger partial charge in [-0.1, -0.05) is 6.07 Å². The molecule has 0 unspecified atom stereocenters. The highest BCUT2D eigenvalue weighted by atomic mass is 79.9. The van der Waals surface area contributed by atoms with Crippen molar-refractivity contribution in [3.05, 3.63) is 52.6 Å². The summed E-state index contributed by atoms with van der Waals surface area (Å²) in [4.78, 5) is 17.8. The van der Waals surface area contributed by atoms with Crippen LogP contribution in [0.5, 0.6) is 5.75 Å². The molecule has 0 saturated heterocycles. The van der Waals surface area contributed by atoms with Crippen molar-refractivity contribution in [3.8, 4) is 5.75 Å². The van der Waals surface area contributed by atoms with Crippen molar-refractivity contribution in [2.24, 2.45) is 0 Å². The molecule has 1 heterocycles. The van der Waals surface area contributed by atoms with E-state index in [4.69, 9.17) is 4.74 Å². The maximum absolute atomic E-state index is 12.7. The fraction of sp³-hybridized carbons (Fsp3) is 0.250. The van der Waals surface area contributed by atoms with E-state index >= 15 is 0 Å². The summed E-state index contributed by atoms with van der Waals surface area (Å²) in [5.41, 5.74) is -0.825. The predicted octanol–water partition coefficient (Wildman–Crippen LogP) is 4.29. The molecule has 0 aliphatic carbocycles. The van der Waals surface area contributed by atoms with Crippen LogP contribution in [0.15, 0.2) is 47.1 Å². The van der Waals surface area contributed by atoms with Gasteiger partial charge in [-0.05, 0) is 53.2 Å². The van der Waals surface area contributed by atoms with Crippen molar-refractivity contribution in [3.63, 3.8) is 0 Å². The van der Waals surface area contributed by atoms with Crippen LogP contribution in [0.1, 0.15) is 12.5 Å². The lowest BCUT2D eigenvalue weighted by Gasteiger charge is -2.20. The van der Waals surface area contributed by atoms with Gasteiger partial charge in [0.25, 0.3) is 5.91 Å². The average Bonchev–Trinajstić information content (AvgIpc) is 2.55.